The number of hydrogen-bond donors (Lipinski definition) is 4. The van der Waals surface area contributed by atoms with Gasteiger partial charge in [0.25, 0.3) is 5.91 Å². The van der Waals surface area contributed by atoms with Gasteiger partial charge >= 0.3 is 36.1 Å². The second-order valence-electron chi connectivity index (χ2n) is 15.2. The highest BCUT2D eigenvalue weighted by Gasteiger charge is 2.51. The number of Topliss-reactive ketones (excluding diaryl/α,β-unsaturated/α-hetero) is 1. The number of halogens is 8. The summed E-state index contributed by atoms with van der Waals surface area (Å²) in [6.45, 7) is 3.99. The zero-order valence-electron chi connectivity index (χ0n) is 32.5. The van der Waals surface area contributed by atoms with Gasteiger partial charge in [-0.05, 0) is 63.1 Å². The molecule has 0 aliphatic carbocycles. The van der Waals surface area contributed by atoms with Crippen LogP contribution >= 0.6 is 11.6 Å². The van der Waals surface area contributed by atoms with Crippen molar-refractivity contribution in [2.75, 3.05) is 37.7 Å². The van der Waals surface area contributed by atoms with E-state index in [0.29, 0.717) is 46.6 Å². The number of ketones is 1. The van der Waals surface area contributed by atoms with Crippen LogP contribution < -0.4 is 9.64 Å². The molecule has 4 saturated heterocycles. The molecule has 2 aromatic heterocycles. The van der Waals surface area contributed by atoms with Gasteiger partial charge in [-0.1, -0.05) is 41.9 Å². The fourth-order valence-corrected chi connectivity index (χ4v) is 8.69. The highest BCUT2D eigenvalue weighted by Crippen LogP contribution is 2.42. The molecular weight excluding hydrogens is 865 g/mol. The van der Waals surface area contributed by atoms with Crippen LogP contribution in [0, 0.1) is 5.82 Å². The minimum absolute atomic E-state index is 0.0587. The highest BCUT2D eigenvalue weighted by atomic mass is 35.5. The van der Waals surface area contributed by atoms with Gasteiger partial charge in [0.05, 0.1) is 10.9 Å². The number of amides is 1. The van der Waals surface area contributed by atoms with Crippen LogP contribution in [-0.4, -0.2) is 137 Å². The van der Waals surface area contributed by atoms with Crippen LogP contribution in [0.2, 0.25) is 5.02 Å². The summed E-state index contributed by atoms with van der Waals surface area (Å²) in [6.07, 6.45) is -3.15. The molecule has 334 valence electrons. The number of nitrogens with zero attached hydrogens (tertiary/aromatic N) is 6. The van der Waals surface area contributed by atoms with Crippen LogP contribution in [0.25, 0.3) is 32.9 Å². The summed E-state index contributed by atoms with van der Waals surface area (Å²) in [5, 5.41) is 37.2. The third kappa shape index (κ3) is 9.18. The summed E-state index contributed by atoms with van der Waals surface area (Å²) in [7, 11) is 0. The first-order chi connectivity index (χ1) is 29.0. The lowest BCUT2D eigenvalue weighted by atomic mass is 9.95. The largest absolute Gasteiger partial charge is 0.490 e. The van der Waals surface area contributed by atoms with E-state index >= 15 is 4.39 Å². The molecule has 4 N–H and O–H groups in total. The number of aliphatic hydroxyl groups is 2. The van der Waals surface area contributed by atoms with Crippen molar-refractivity contribution < 1.29 is 75.1 Å². The lowest BCUT2D eigenvalue weighted by molar-refractivity contribution is -0.199. The molecule has 4 aromatic rings. The van der Waals surface area contributed by atoms with E-state index in [1.807, 2.05) is 29.2 Å². The summed E-state index contributed by atoms with van der Waals surface area (Å²) in [4.78, 5) is 62.7. The zero-order chi connectivity index (χ0) is 45.5. The van der Waals surface area contributed by atoms with Gasteiger partial charge in [-0.3, -0.25) is 19.5 Å². The topological polar surface area (TPSA) is 207 Å². The molecule has 2 bridgehead atoms. The molecule has 0 saturated carbocycles. The van der Waals surface area contributed by atoms with Gasteiger partial charge in [-0.25, -0.2) is 14.0 Å². The summed E-state index contributed by atoms with van der Waals surface area (Å²) >= 11 is 6.61. The summed E-state index contributed by atoms with van der Waals surface area (Å²) < 4.78 is 86.6. The SMILES string of the molecule is CC(=O)C(O)(O)C(=O)N1[C@@H]2CC[C@H]1CN(c1nc(OCC34CCCN3CCC4)nc3c(F)c(-c4cccc5cccc(Cl)c45)ncc13)C2.O=C(O)C(F)(F)F.O=C(O)C(F)(F)F. The Morgan fingerprint density at radius 1 is 0.887 bits per heavy atom. The predicted molar refractivity (Wildman–Crippen MR) is 205 cm³/mol. The second kappa shape index (κ2) is 17.4. The Morgan fingerprint density at radius 3 is 1.97 bits per heavy atom. The maximum Gasteiger partial charge on any atom is 0.490 e. The molecular formula is C39H38ClF7N6O9. The third-order valence-corrected chi connectivity index (χ3v) is 11.6. The fourth-order valence-electron chi connectivity index (χ4n) is 8.41. The normalized spacial score (nSPS) is 19.7. The molecule has 0 spiro atoms. The van der Waals surface area contributed by atoms with Crippen LogP contribution in [0.3, 0.4) is 0 Å². The molecule has 15 nitrogen and oxygen atoms in total. The van der Waals surface area contributed by atoms with Crippen molar-refractivity contribution in [3.05, 3.63) is 53.4 Å². The molecule has 0 radical (unpaired) electrons. The number of fused-ring (bicyclic) bond motifs is 5. The monoisotopic (exact) mass is 902 g/mol. The number of pyridine rings is 1. The van der Waals surface area contributed by atoms with Gasteiger partial charge in [0.2, 0.25) is 0 Å². The van der Waals surface area contributed by atoms with Gasteiger partial charge in [-0.15, -0.1) is 0 Å². The number of carboxylic acids is 2. The summed E-state index contributed by atoms with van der Waals surface area (Å²) in [5.41, 5.74) is 0.625. The Kier molecular flexibility index (Phi) is 12.9. The number of carbonyl (C=O) groups is 4. The van der Waals surface area contributed by atoms with E-state index in [1.54, 1.807) is 18.3 Å². The second-order valence-corrected chi connectivity index (χ2v) is 15.6. The number of ether oxygens (including phenoxy) is 1. The van der Waals surface area contributed by atoms with Gasteiger partial charge in [0.1, 0.15) is 23.6 Å². The number of piperazine rings is 1. The van der Waals surface area contributed by atoms with E-state index < -0.39 is 59.7 Å². The van der Waals surface area contributed by atoms with Crippen LogP contribution in [0.4, 0.5) is 36.6 Å². The Balaban J connectivity index is 0.000000397. The average molecular weight is 903 g/mol. The minimum Gasteiger partial charge on any atom is -0.475 e. The Labute approximate surface area is 351 Å². The van der Waals surface area contributed by atoms with Crippen molar-refractivity contribution in [2.45, 2.75) is 81.2 Å². The van der Waals surface area contributed by atoms with Crippen LogP contribution in [0.15, 0.2) is 42.6 Å². The summed E-state index contributed by atoms with van der Waals surface area (Å²) in [6, 6.07) is 10.3. The molecule has 0 unspecified atom stereocenters. The van der Waals surface area contributed by atoms with Gasteiger partial charge in [0.15, 0.2) is 11.6 Å². The fraction of sp³-hybridized carbons (Fsp3) is 0.462. The number of alkyl halides is 6. The molecule has 4 fully saturated rings. The Bertz CT molecular complexity index is 2350. The quantitative estimate of drug-likeness (QED) is 0.105. The van der Waals surface area contributed by atoms with Crippen LogP contribution in [-0.2, 0) is 19.2 Å². The molecule has 6 heterocycles. The zero-order valence-corrected chi connectivity index (χ0v) is 33.3. The number of anilines is 1. The maximum atomic E-state index is 16.8. The third-order valence-electron chi connectivity index (χ3n) is 11.3. The lowest BCUT2D eigenvalue weighted by Gasteiger charge is -2.43. The van der Waals surface area contributed by atoms with Gasteiger partial charge in [0, 0.05) is 54.3 Å². The first kappa shape index (κ1) is 46.1. The Hall–Kier alpha value is -5.45. The lowest BCUT2D eigenvalue weighted by Crippen LogP contribution is -2.63. The number of rotatable bonds is 7. The van der Waals surface area contributed by atoms with Crippen LogP contribution in [0.5, 0.6) is 6.01 Å². The van der Waals surface area contributed by atoms with Crippen LogP contribution in [0.1, 0.15) is 45.4 Å². The molecule has 23 heteroatoms. The number of carboxylic acid groups (broad SMARTS) is 2. The van der Waals surface area contributed by atoms with E-state index in [1.165, 1.54) is 4.90 Å². The van der Waals surface area contributed by atoms with E-state index in [-0.39, 0.29) is 35.8 Å². The smallest absolute Gasteiger partial charge is 0.475 e. The predicted octanol–water partition coefficient (Wildman–Crippen LogP) is 5.36. The number of aliphatic carboxylic acids is 2. The average Bonchev–Trinajstić information content (AvgIpc) is 3.86. The van der Waals surface area contributed by atoms with E-state index in [9.17, 15) is 46.1 Å². The first-order valence-electron chi connectivity index (χ1n) is 19.0. The molecule has 8 rings (SSSR count). The van der Waals surface area contributed by atoms with Crippen molar-refractivity contribution in [1.82, 2.24) is 24.8 Å². The minimum atomic E-state index is -5.08. The molecule has 62 heavy (non-hydrogen) atoms. The number of benzene rings is 2. The number of aromatic nitrogens is 3. The molecule has 2 atom stereocenters. The molecule has 4 aliphatic heterocycles. The van der Waals surface area contributed by atoms with Crippen molar-refractivity contribution in [2.24, 2.45) is 0 Å². The molecule has 4 aliphatic rings. The van der Waals surface area contributed by atoms with Crippen molar-refractivity contribution in [3.63, 3.8) is 0 Å². The van der Waals surface area contributed by atoms with E-state index in [2.05, 4.69) is 14.9 Å². The highest BCUT2D eigenvalue weighted by molar-refractivity contribution is 6.36. The van der Waals surface area contributed by atoms with E-state index in [0.717, 1.165) is 51.1 Å². The number of carbonyl (C=O) groups excluding carboxylic acids is 2. The maximum absolute atomic E-state index is 16.8. The first-order valence-corrected chi connectivity index (χ1v) is 19.4. The van der Waals surface area contributed by atoms with Crippen molar-refractivity contribution in [3.8, 4) is 17.3 Å². The Morgan fingerprint density at radius 2 is 1.44 bits per heavy atom. The number of hydrogen-bond acceptors (Lipinski definition) is 12. The van der Waals surface area contributed by atoms with Gasteiger partial charge < -0.3 is 35.0 Å². The summed E-state index contributed by atoms with van der Waals surface area (Å²) in [5.74, 6) is -10.9. The molecule has 2 aromatic carbocycles. The van der Waals surface area contributed by atoms with E-state index in [4.69, 9.17) is 41.1 Å². The molecule has 1 amide bonds. The standard InChI is InChI=1S/C35H36ClFN6O5.2C2HF3O2/c1-20(44)35(46,47)32(45)43-22-10-11-23(43)18-41(17-22)31-25-16-38-29(24-8-2-6-21-7-3-9-26(36)27(21)24)28(37)30(25)39-33(40-31)48-19-34-12-4-14-42(34)15-5-13-34;2*3-2(4,5)1(6)7/h2-3,6-9,16,22-23,46-47H,4-5,10-15,17-19H2,1H3;2*(H,6,7)/t22-,23+;;. The van der Waals surface area contributed by atoms with Crippen molar-refractivity contribution in [1.29, 1.82) is 0 Å². The van der Waals surface area contributed by atoms with Crippen molar-refractivity contribution >= 4 is 62.7 Å². The van der Waals surface area contributed by atoms with Gasteiger partial charge in [-0.2, -0.15) is 36.3 Å².